The summed E-state index contributed by atoms with van der Waals surface area (Å²) in [6, 6.07) is 4.39. The van der Waals surface area contributed by atoms with Crippen molar-refractivity contribution in [2.45, 2.75) is 19.4 Å². The van der Waals surface area contributed by atoms with E-state index in [0.717, 1.165) is 0 Å². The molecule has 1 aromatic carbocycles. The molecule has 0 aliphatic carbocycles. The summed E-state index contributed by atoms with van der Waals surface area (Å²) in [4.78, 5) is 4.66. The molecule has 1 aromatic rings. The van der Waals surface area contributed by atoms with Crippen LogP contribution in [-0.2, 0) is 4.84 Å². The van der Waals surface area contributed by atoms with E-state index in [-0.39, 0.29) is 5.75 Å². The fourth-order valence-electron chi connectivity index (χ4n) is 0.990. The second-order valence-corrected chi connectivity index (χ2v) is 3.73. The summed E-state index contributed by atoms with van der Waals surface area (Å²) in [5.41, 5.74) is -0.0925. The Kier molecular flexibility index (Phi) is 3.88. The fourth-order valence-corrected chi connectivity index (χ4v) is 0.990. The highest BCUT2D eigenvalue weighted by Crippen LogP contribution is 2.17. The van der Waals surface area contributed by atoms with E-state index in [9.17, 15) is 4.39 Å². The number of methoxy groups -OCH3 is 1. The largest absolute Gasteiger partial charge is 0.494 e. The van der Waals surface area contributed by atoms with Crippen molar-refractivity contribution in [2.24, 2.45) is 5.90 Å². The van der Waals surface area contributed by atoms with Gasteiger partial charge in [0.2, 0.25) is 0 Å². The minimum atomic E-state index is -0.735. The second kappa shape index (κ2) is 4.97. The Bertz CT molecular complexity index is 432. The minimum Gasteiger partial charge on any atom is -0.494 e. The molecular formula is C12H14FNO2. The van der Waals surface area contributed by atoms with Crippen molar-refractivity contribution in [3.8, 4) is 17.6 Å². The van der Waals surface area contributed by atoms with E-state index in [0.29, 0.717) is 5.56 Å². The van der Waals surface area contributed by atoms with Gasteiger partial charge in [-0.05, 0) is 32.0 Å². The summed E-state index contributed by atoms with van der Waals surface area (Å²) in [5, 5.41) is 0. The Hall–Kier alpha value is -1.57. The molecule has 86 valence electrons. The number of rotatable bonds is 2. The van der Waals surface area contributed by atoms with Crippen molar-refractivity contribution >= 4 is 0 Å². The number of benzene rings is 1. The number of ether oxygens (including phenoxy) is 1. The second-order valence-electron chi connectivity index (χ2n) is 3.73. The molecule has 0 amide bonds. The van der Waals surface area contributed by atoms with E-state index >= 15 is 0 Å². The molecule has 16 heavy (non-hydrogen) atoms. The maximum absolute atomic E-state index is 13.1. The summed E-state index contributed by atoms with van der Waals surface area (Å²) < 4.78 is 17.9. The van der Waals surface area contributed by atoms with E-state index in [2.05, 4.69) is 16.7 Å². The summed E-state index contributed by atoms with van der Waals surface area (Å²) in [6.45, 7) is 3.47. The topological polar surface area (TPSA) is 44.5 Å². The third kappa shape index (κ3) is 3.23. The highest BCUT2D eigenvalue weighted by atomic mass is 19.1. The predicted molar refractivity (Wildman–Crippen MR) is 59.2 cm³/mol. The maximum atomic E-state index is 13.1. The van der Waals surface area contributed by atoms with E-state index in [1.54, 1.807) is 19.9 Å². The zero-order valence-electron chi connectivity index (χ0n) is 9.50. The van der Waals surface area contributed by atoms with Crippen molar-refractivity contribution in [3.63, 3.8) is 0 Å². The van der Waals surface area contributed by atoms with Crippen LogP contribution in [0.25, 0.3) is 0 Å². The molecule has 0 fully saturated rings. The van der Waals surface area contributed by atoms with Crippen LogP contribution in [0.2, 0.25) is 0 Å². The molecule has 0 saturated heterocycles. The van der Waals surface area contributed by atoms with Crippen LogP contribution in [0, 0.1) is 17.7 Å². The Balaban J connectivity index is 2.98. The van der Waals surface area contributed by atoms with Gasteiger partial charge in [-0.1, -0.05) is 11.8 Å². The standard InChI is InChI=1S/C12H14FNO2/c1-12(2,16-14)7-6-9-4-5-10(13)11(8-9)15-3/h4-5,8H,14H2,1-3H3. The number of hydrogen-bond acceptors (Lipinski definition) is 3. The molecule has 0 radical (unpaired) electrons. The van der Waals surface area contributed by atoms with Gasteiger partial charge < -0.3 is 4.74 Å². The average Bonchev–Trinajstić information content (AvgIpc) is 2.28. The molecule has 0 atom stereocenters. The number of nitrogens with two attached hydrogens (primary N) is 1. The third-order valence-corrected chi connectivity index (χ3v) is 1.95. The van der Waals surface area contributed by atoms with Gasteiger partial charge in [0.25, 0.3) is 0 Å². The van der Waals surface area contributed by atoms with Gasteiger partial charge in [0, 0.05) is 5.56 Å². The zero-order chi connectivity index (χ0) is 12.2. The highest BCUT2D eigenvalue weighted by Gasteiger charge is 2.12. The lowest BCUT2D eigenvalue weighted by Crippen LogP contribution is -2.25. The van der Waals surface area contributed by atoms with Gasteiger partial charge in [-0.2, -0.15) is 0 Å². The molecule has 0 unspecified atom stereocenters. The summed E-state index contributed by atoms with van der Waals surface area (Å²) in [5.74, 6) is 10.5. The molecule has 0 bridgehead atoms. The van der Waals surface area contributed by atoms with Gasteiger partial charge in [-0.25, -0.2) is 10.3 Å². The first-order chi connectivity index (χ1) is 7.48. The van der Waals surface area contributed by atoms with Crippen LogP contribution in [0.4, 0.5) is 4.39 Å². The van der Waals surface area contributed by atoms with Gasteiger partial charge in [0.05, 0.1) is 7.11 Å². The molecule has 2 N–H and O–H groups in total. The molecule has 0 aliphatic heterocycles. The smallest absolute Gasteiger partial charge is 0.165 e. The quantitative estimate of drug-likeness (QED) is 0.614. The lowest BCUT2D eigenvalue weighted by molar-refractivity contribution is 0.0264. The summed E-state index contributed by atoms with van der Waals surface area (Å²) in [7, 11) is 1.41. The average molecular weight is 223 g/mol. The molecule has 0 aromatic heterocycles. The van der Waals surface area contributed by atoms with E-state index in [4.69, 9.17) is 10.6 Å². The Labute approximate surface area is 94.3 Å². The van der Waals surface area contributed by atoms with Gasteiger partial charge in [-0.3, -0.25) is 4.84 Å². The van der Waals surface area contributed by atoms with E-state index in [1.807, 2.05) is 0 Å². The molecule has 0 heterocycles. The predicted octanol–water partition coefficient (Wildman–Crippen LogP) is 1.85. The maximum Gasteiger partial charge on any atom is 0.165 e. The van der Waals surface area contributed by atoms with Gasteiger partial charge in [0.15, 0.2) is 11.6 Å². The summed E-state index contributed by atoms with van der Waals surface area (Å²) >= 11 is 0. The lowest BCUT2D eigenvalue weighted by Gasteiger charge is -2.12. The molecule has 1 rings (SSSR count). The van der Waals surface area contributed by atoms with Crippen LogP contribution in [0.15, 0.2) is 18.2 Å². The molecule has 4 heteroatoms. The van der Waals surface area contributed by atoms with Gasteiger partial charge in [-0.15, -0.1) is 0 Å². The van der Waals surface area contributed by atoms with Crippen molar-refractivity contribution < 1.29 is 14.0 Å². The van der Waals surface area contributed by atoms with Crippen molar-refractivity contribution in [2.75, 3.05) is 7.11 Å². The Morgan fingerprint density at radius 1 is 1.38 bits per heavy atom. The van der Waals surface area contributed by atoms with Crippen LogP contribution < -0.4 is 10.6 Å². The van der Waals surface area contributed by atoms with Crippen LogP contribution in [0.1, 0.15) is 19.4 Å². The van der Waals surface area contributed by atoms with E-state index in [1.165, 1.54) is 19.2 Å². The molecular weight excluding hydrogens is 209 g/mol. The van der Waals surface area contributed by atoms with E-state index < -0.39 is 11.4 Å². The zero-order valence-corrected chi connectivity index (χ0v) is 9.50. The Morgan fingerprint density at radius 3 is 2.62 bits per heavy atom. The minimum absolute atomic E-state index is 0.165. The van der Waals surface area contributed by atoms with Gasteiger partial charge >= 0.3 is 0 Å². The first kappa shape index (κ1) is 12.5. The molecule has 0 saturated carbocycles. The van der Waals surface area contributed by atoms with Crippen LogP contribution in [0.3, 0.4) is 0 Å². The number of halogens is 1. The summed E-state index contributed by atoms with van der Waals surface area (Å²) in [6.07, 6.45) is 0. The third-order valence-electron chi connectivity index (χ3n) is 1.95. The first-order valence-electron chi connectivity index (χ1n) is 4.73. The van der Waals surface area contributed by atoms with Crippen LogP contribution in [-0.4, -0.2) is 12.7 Å². The molecule has 0 aliphatic rings. The molecule has 0 spiro atoms. The first-order valence-corrected chi connectivity index (χ1v) is 4.73. The van der Waals surface area contributed by atoms with Crippen molar-refractivity contribution in [1.82, 2.24) is 0 Å². The lowest BCUT2D eigenvalue weighted by atomic mass is 10.1. The Morgan fingerprint density at radius 2 is 2.06 bits per heavy atom. The number of hydrogen-bond donors (Lipinski definition) is 1. The molecule has 3 nitrogen and oxygen atoms in total. The monoisotopic (exact) mass is 223 g/mol. The van der Waals surface area contributed by atoms with Crippen molar-refractivity contribution in [3.05, 3.63) is 29.6 Å². The fraction of sp³-hybridized carbons (Fsp3) is 0.333. The van der Waals surface area contributed by atoms with Gasteiger partial charge in [0.1, 0.15) is 5.60 Å². The SMILES string of the molecule is COc1cc(C#CC(C)(C)ON)ccc1F. The van der Waals surface area contributed by atoms with Crippen LogP contribution >= 0.6 is 0 Å². The highest BCUT2D eigenvalue weighted by molar-refractivity contribution is 5.41. The normalized spacial score (nSPS) is 10.6. The van der Waals surface area contributed by atoms with Crippen molar-refractivity contribution in [1.29, 1.82) is 0 Å². The van der Waals surface area contributed by atoms with Crippen LogP contribution in [0.5, 0.6) is 5.75 Å².